The van der Waals surface area contributed by atoms with Gasteiger partial charge in [0.1, 0.15) is 5.82 Å². The second-order valence-corrected chi connectivity index (χ2v) is 6.51. The molecule has 0 radical (unpaired) electrons. The summed E-state index contributed by atoms with van der Waals surface area (Å²) in [7, 11) is 0. The molecule has 0 bridgehead atoms. The van der Waals surface area contributed by atoms with E-state index >= 15 is 0 Å². The van der Waals surface area contributed by atoms with Crippen LogP contribution in [0.4, 0.5) is 8.78 Å². The smallest absolute Gasteiger partial charge is 0.260 e. The fourth-order valence-corrected chi connectivity index (χ4v) is 2.93. The lowest BCUT2D eigenvalue weighted by molar-refractivity contribution is -0.135. The zero-order valence-corrected chi connectivity index (χ0v) is 14.8. The van der Waals surface area contributed by atoms with Crippen molar-refractivity contribution >= 4 is 5.91 Å². The Hall–Kier alpha value is -2.47. The van der Waals surface area contributed by atoms with Crippen molar-refractivity contribution in [2.24, 2.45) is 0 Å². The number of benzene rings is 2. The summed E-state index contributed by atoms with van der Waals surface area (Å²) in [6.07, 6.45) is 0. The van der Waals surface area contributed by atoms with Crippen molar-refractivity contribution in [2.45, 2.75) is 13.5 Å². The first-order valence-corrected chi connectivity index (χ1v) is 8.65. The first-order valence-electron chi connectivity index (χ1n) is 8.65. The first-order chi connectivity index (χ1) is 12.5. The summed E-state index contributed by atoms with van der Waals surface area (Å²) in [6.45, 7) is 5.46. The molecule has 6 heteroatoms. The molecule has 2 aromatic carbocycles. The highest BCUT2D eigenvalue weighted by atomic mass is 19.1. The summed E-state index contributed by atoms with van der Waals surface area (Å²) in [5, 5.41) is 0. The lowest BCUT2D eigenvalue weighted by atomic mass is 10.1. The molecule has 1 heterocycles. The maximum atomic E-state index is 13.5. The van der Waals surface area contributed by atoms with Crippen LogP contribution in [0.1, 0.15) is 11.1 Å². The van der Waals surface area contributed by atoms with Crippen molar-refractivity contribution in [3.63, 3.8) is 0 Å². The van der Waals surface area contributed by atoms with E-state index in [1.165, 1.54) is 17.2 Å². The molecule has 1 aliphatic rings. The van der Waals surface area contributed by atoms with Gasteiger partial charge >= 0.3 is 0 Å². The van der Waals surface area contributed by atoms with Gasteiger partial charge in [0, 0.05) is 38.8 Å². The van der Waals surface area contributed by atoms with Crippen molar-refractivity contribution in [3.8, 4) is 5.75 Å². The van der Waals surface area contributed by atoms with Gasteiger partial charge in [0.05, 0.1) is 0 Å². The van der Waals surface area contributed by atoms with E-state index < -0.39 is 11.6 Å². The highest BCUT2D eigenvalue weighted by molar-refractivity contribution is 5.77. The number of rotatable bonds is 5. The summed E-state index contributed by atoms with van der Waals surface area (Å²) in [6, 6.07) is 11.5. The molecule has 1 fully saturated rings. The van der Waals surface area contributed by atoms with E-state index in [-0.39, 0.29) is 18.3 Å². The van der Waals surface area contributed by atoms with Crippen molar-refractivity contribution in [3.05, 3.63) is 65.2 Å². The van der Waals surface area contributed by atoms with Crippen LogP contribution in [0, 0.1) is 18.6 Å². The van der Waals surface area contributed by atoms with Crippen LogP contribution in [-0.2, 0) is 11.3 Å². The number of piperazine rings is 1. The Morgan fingerprint density at radius 2 is 1.73 bits per heavy atom. The third-order valence-corrected chi connectivity index (χ3v) is 4.50. The van der Waals surface area contributed by atoms with E-state index in [4.69, 9.17) is 4.74 Å². The van der Waals surface area contributed by atoms with Crippen molar-refractivity contribution in [2.75, 3.05) is 32.8 Å². The zero-order chi connectivity index (χ0) is 18.5. The van der Waals surface area contributed by atoms with E-state index in [0.717, 1.165) is 31.8 Å². The maximum Gasteiger partial charge on any atom is 0.260 e. The first kappa shape index (κ1) is 18.3. The minimum absolute atomic E-state index is 0.113. The van der Waals surface area contributed by atoms with Gasteiger partial charge in [-0.05, 0) is 24.6 Å². The molecule has 2 aromatic rings. The van der Waals surface area contributed by atoms with Crippen LogP contribution in [0.2, 0.25) is 0 Å². The van der Waals surface area contributed by atoms with Crippen LogP contribution < -0.4 is 4.74 Å². The van der Waals surface area contributed by atoms with Crippen molar-refractivity contribution < 1.29 is 18.3 Å². The van der Waals surface area contributed by atoms with E-state index in [1.54, 1.807) is 4.90 Å². The Kier molecular flexibility index (Phi) is 5.83. The van der Waals surface area contributed by atoms with Crippen LogP contribution in [0.25, 0.3) is 0 Å². The number of ether oxygens (including phenoxy) is 1. The Balaban J connectivity index is 1.45. The molecule has 3 rings (SSSR count). The van der Waals surface area contributed by atoms with Gasteiger partial charge in [0.25, 0.3) is 5.91 Å². The van der Waals surface area contributed by atoms with Gasteiger partial charge in [-0.3, -0.25) is 9.69 Å². The quantitative estimate of drug-likeness (QED) is 0.822. The molecule has 4 nitrogen and oxygen atoms in total. The van der Waals surface area contributed by atoms with Gasteiger partial charge in [0.2, 0.25) is 0 Å². The fraction of sp³-hybridized carbons (Fsp3) is 0.350. The van der Waals surface area contributed by atoms with Gasteiger partial charge in [0.15, 0.2) is 18.2 Å². The van der Waals surface area contributed by atoms with Gasteiger partial charge in [-0.2, -0.15) is 0 Å². The molecule has 138 valence electrons. The van der Waals surface area contributed by atoms with Gasteiger partial charge < -0.3 is 9.64 Å². The molecular weight excluding hydrogens is 338 g/mol. The van der Waals surface area contributed by atoms with Crippen LogP contribution >= 0.6 is 0 Å². The molecule has 0 aliphatic carbocycles. The number of carbonyl (C=O) groups is 1. The predicted octanol–water partition coefficient (Wildman–Crippen LogP) is 3.00. The SMILES string of the molecule is Cc1ccc(CN2CCN(C(=O)COc3ccc(F)cc3F)CC2)cc1. The molecule has 0 unspecified atom stereocenters. The summed E-state index contributed by atoms with van der Waals surface area (Å²) >= 11 is 0. The summed E-state index contributed by atoms with van der Waals surface area (Å²) < 4.78 is 31.6. The number of halogens is 2. The van der Waals surface area contributed by atoms with E-state index in [2.05, 4.69) is 36.1 Å². The molecule has 0 N–H and O–H groups in total. The molecule has 1 aliphatic heterocycles. The highest BCUT2D eigenvalue weighted by Crippen LogP contribution is 2.18. The summed E-state index contributed by atoms with van der Waals surface area (Å²) in [4.78, 5) is 16.3. The summed E-state index contributed by atoms with van der Waals surface area (Å²) in [5.41, 5.74) is 2.49. The fourth-order valence-electron chi connectivity index (χ4n) is 2.93. The van der Waals surface area contributed by atoms with E-state index in [9.17, 15) is 13.6 Å². The third-order valence-electron chi connectivity index (χ3n) is 4.50. The minimum Gasteiger partial charge on any atom is -0.481 e. The number of amides is 1. The standard InChI is InChI=1S/C20H22F2N2O2/c1-15-2-4-16(5-3-15)13-23-8-10-24(11-9-23)20(25)14-26-19-7-6-17(21)12-18(19)22/h2-7,12H,8-11,13-14H2,1H3. The third kappa shape index (κ3) is 4.79. The average molecular weight is 360 g/mol. The topological polar surface area (TPSA) is 32.8 Å². The van der Waals surface area contributed by atoms with E-state index in [0.29, 0.717) is 13.1 Å². The Morgan fingerprint density at radius 1 is 1.04 bits per heavy atom. The molecule has 0 aromatic heterocycles. The monoisotopic (exact) mass is 360 g/mol. The van der Waals surface area contributed by atoms with Crippen LogP contribution in [0.15, 0.2) is 42.5 Å². The Labute approximate surface area is 152 Å². The molecule has 1 amide bonds. The molecule has 0 saturated carbocycles. The number of hydrogen-bond donors (Lipinski definition) is 0. The van der Waals surface area contributed by atoms with Crippen LogP contribution in [0.3, 0.4) is 0 Å². The Morgan fingerprint density at radius 3 is 2.38 bits per heavy atom. The van der Waals surface area contributed by atoms with Crippen LogP contribution in [-0.4, -0.2) is 48.5 Å². The zero-order valence-electron chi connectivity index (χ0n) is 14.8. The molecule has 26 heavy (non-hydrogen) atoms. The summed E-state index contributed by atoms with van der Waals surface area (Å²) in [5.74, 6) is -1.78. The highest BCUT2D eigenvalue weighted by Gasteiger charge is 2.21. The predicted molar refractivity (Wildman–Crippen MR) is 94.9 cm³/mol. The molecular formula is C20H22F2N2O2. The van der Waals surface area contributed by atoms with E-state index in [1.807, 2.05) is 0 Å². The van der Waals surface area contributed by atoms with Gasteiger partial charge in [-0.25, -0.2) is 8.78 Å². The van der Waals surface area contributed by atoms with Gasteiger partial charge in [-0.15, -0.1) is 0 Å². The largest absolute Gasteiger partial charge is 0.481 e. The van der Waals surface area contributed by atoms with Crippen molar-refractivity contribution in [1.29, 1.82) is 0 Å². The average Bonchev–Trinajstić information content (AvgIpc) is 2.63. The lowest BCUT2D eigenvalue weighted by Gasteiger charge is -2.34. The molecule has 0 atom stereocenters. The van der Waals surface area contributed by atoms with Crippen LogP contribution in [0.5, 0.6) is 5.75 Å². The number of carbonyl (C=O) groups excluding carboxylic acids is 1. The second kappa shape index (κ2) is 8.27. The minimum atomic E-state index is -0.805. The maximum absolute atomic E-state index is 13.5. The normalized spacial score (nSPS) is 15.1. The van der Waals surface area contributed by atoms with Gasteiger partial charge in [-0.1, -0.05) is 29.8 Å². The van der Waals surface area contributed by atoms with Crippen molar-refractivity contribution in [1.82, 2.24) is 9.80 Å². The number of aryl methyl sites for hydroxylation is 1. The second-order valence-electron chi connectivity index (χ2n) is 6.51. The molecule has 1 saturated heterocycles. The Bertz CT molecular complexity index is 757. The lowest BCUT2D eigenvalue weighted by Crippen LogP contribution is -2.49. The molecule has 0 spiro atoms. The number of hydrogen-bond acceptors (Lipinski definition) is 3. The number of nitrogens with zero attached hydrogens (tertiary/aromatic N) is 2.